The Morgan fingerprint density at radius 1 is 1.30 bits per heavy atom. The maximum Gasteiger partial charge on any atom is 0.229 e. The number of nitrogens with zero attached hydrogens (tertiary/aromatic N) is 5. The molecule has 0 aliphatic carbocycles. The molecule has 1 saturated heterocycles. The largest absolute Gasteiger partial charge is 0.334 e. The molecular formula is C19H20N6OS. The fourth-order valence-electron chi connectivity index (χ4n) is 3.29. The Balaban J connectivity index is 1.44. The second-order valence-electron chi connectivity index (χ2n) is 6.45. The lowest BCUT2D eigenvalue weighted by atomic mass is 10.1. The normalized spacial score (nSPS) is 16.5. The predicted octanol–water partition coefficient (Wildman–Crippen LogP) is 3.29. The second-order valence-corrected chi connectivity index (χ2v) is 7.51. The summed E-state index contributed by atoms with van der Waals surface area (Å²) in [6.45, 7) is 2.73. The second kappa shape index (κ2) is 7.79. The standard InChI is InChI=1S/C19H20N6OS/c1-13-23-15(12-27-13)10-18(26)25-9-2-4-17(25)16-6-5-14(11-22-16)24-19-20-7-3-8-21-19/h3,5-8,11-12,17H,2,4,9-10H2,1H3,(H,20,21,24)/t17-/m0/s1. The van der Waals surface area contributed by atoms with Gasteiger partial charge in [-0.25, -0.2) is 15.0 Å². The van der Waals surface area contributed by atoms with Crippen LogP contribution >= 0.6 is 11.3 Å². The quantitative estimate of drug-likeness (QED) is 0.731. The molecule has 0 bridgehead atoms. The molecule has 7 nitrogen and oxygen atoms in total. The van der Waals surface area contributed by atoms with Crippen LogP contribution in [0.5, 0.6) is 0 Å². The molecule has 1 aliphatic heterocycles. The van der Waals surface area contributed by atoms with Crippen molar-refractivity contribution in [2.24, 2.45) is 0 Å². The van der Waals surface area contributed by atoms with E-state index in [4.69, 9.17) is 0 Å². The number of thiazole rings is 1. The third kappa shape index (κ3) is 4.11. The van der Waals surface area contributed by atoms with Gasteiger partial charge in [-0.05, 0) is 38.0 Å². The van der Waals surface area contributed by atoms with Gasteiger partial charge in [-0.1, -0.05) is 0 Å². The van der Waals surface area contributed by atoms with Crippen molar-refractivity contribution >= 4 is 28.9 Å². The van der Waals surface area contributed by atoms with Crippen molar-refractivity contribution in [1.82, 2.24) is 24.8 Å². The number of hydrogen-bond donors (Lipinski definition) is 1. The number of amides is 1. The lowest BCUT2D eigenvalue weighted by molar-refractivity contribution is -0.131. The van der Waals surface area contributed by atoms with E-state index in [9.17, 15) is 4.79 Å². The van der Waals surface area contributed by atoms with E-state index in [0.29, 0.717) is 12.4 Å². The van der Waals surface area contributed by atoms with Gasteiger partial charge in [0.05, 0.1) is 40.7 Å². The minimum atomic E-state index is 0.0271. The Morgan fingerprint density at radius 2 is 2.15 bits per heavy atom. The lowest BCUT2D eigenvalue weighted by Gasteiger charge is -2.24. The van der Waals surface area contributed by atoms with E-state index < -0.39 is 0 Å². The summed E-state index contributed by atoms with van der Waals surface area (Å²) in [6, 6.07) is 5.71. The van der Waals surface area contributed by atoms with Crippen molar-refractivity contribution in [3.05, 3.63) is 58.6 Å². The van der Waals surface area contributed by atoms with Gasteiger partial charge in [-0.2, -0.15) is 0 Å². The van der Waals surface area contributed by atoms with Crippen LogP contribution in [-0.4, -0.2) is 37.3 Å². The lowest BCUT2D eigenvalue weighted by Crippen LogP contribution is -2.32. The third-order valence-corrected chi connectivity index (χ3v) is 5.34. The van der Waals surface area contributed by atoms with Crippen LogP contribution in [0.3, 0.4) is 0 Å². The monoisotopic (exact) mass is 380 g/mol. The summed E-state index contributed by atoms with van der Waals surface area (Å²) >= 11 is 1.58. The number of aromatic nitrogens is 4. The number of likely N-dealkylation sites (tertiary alicyclic amines) is 1. The van der Waals surface area contributed by atoms with Crippen LogP contribution in [0.1, 0.15) is 35.3 Å². The first-order chi connectivity index (χ1) is 13.2. The maximum absolute atomic E-state index is 12.7. The van der Waals surface area contributed by atoms with Crippen LogP contribution in [0.15, 0.2) is 42.2 Å². The van der Waals surface area contributed by atoms with E-state index >= 15 is 0 Å². The summed E-state index contributed by atoms with van der Waals surface area (Å²) in [5, 5.41) is 6.07. The number of pyridine rings is 1. The molecule has 0 saturated carbocycles. The molecule has 1 atom stereocenters. The summed E-state index contributed by atoms with van der Waals surface area (Å²) in [5.41, 5.74) is 2.58. The van der Waals surface area contributed by atoms with Crippen LogP contribution in [0.25, 0.3) is 0 Å². The van der Waals surface area contributed by atoms with E-state index in [0.717, 1.165) is 41.5 Å². The van der Waals surface area contributed by atoms with Crippen molar-refractivity contribution < 1.29 is 4.79 Å². The molecule has 0 unspecified atom stereocenters. The Labute approximate surface area is 161 Å². The van der Waals surface area contributed by atoms with Crippen molar-refractivity contribution in [3.8, 4) is 0 Å². The average molecular weight is 380 g/mol. The number of anilines is 2. The highest BCUT2D eigenvalue weighted by Crippen LogP contribution is 2.32. The maximum atomic E-state index is 12.7. The fourth-order valence-corrected chi connectivity index (χ4v) is 3.90. The summed E-state index contributed by atoms with van der Waals surface area (Å²) in [7, 11) is 0. The SMILES string of the molecule is Cc1nc(CC(=O)N2CCC[C@H]2c2ccc(Nc3ncccn3)cn2)cs1. The van der Waals surface area contributed by atoms with Gasteiger partial charge in [0.25, 0.3) is 0 Å². The zero-order chi connectivity index (χ0) is 18.6. The smallest absolute Gasteiger partial charge is 0.229 e. The summed E-state index contributed by atoms with van der Waals surface area (Å²) in [5.74, 6) is 0.646. The molecule has 3 aromatic rings. The first-order valence-electron chi connectivity index (χ1n) is 8.89. The molecule has 0 spiro atoms. The molecular weight excluding hydrogens is 360 g/mol. The zero-order valence-electron chi connectivity index (χ0n) is 15.0. The highest BCUT2D eigenvalue weighted by atomic mass is 32.1. The van der Waals surface area contributed by atoms with Crippen molar-refractivity contribution in [1.29, 1.82) is 0 Å². The first-order valence-corrected chi connectivity index (χ1v) is 9.77. The molecule has 0 radical (unpaired) electrons. The predicted molar refractivity (Wildman–Crippen MR) is 104 cm³/mol. The number of hydrogen-bond acceptors (Lipinski definition) is 7. The van der Waals surface area contributed by atoms with Crippen LogP contribution in [-0.2, 0) is 11.2 Å². The van der Waals surface area contributed by atoms with Crippen molar-refractivity contribution in [3.63, 3.8) is 0 Å². The van der Waals surface area contributed by atoms with Crippen LogP contribution in [0, 0.1) is 6.92 Å². The van der Waals surface area contributed by atoms with E-state index in [2.05, 4.69) is 25.3 Å². The number of rotatable bonds is 5. The van der Waals surface area contributed by atoms with Gasteiger partial charge in [0.2, 0.25) is 11.9 Å². The molecule has 3 aromatic heterocycles. The molecule has 0 aromatic carbocycles. The van der Waals surface area contributed by atoms with Gasteiger partial charge in [-0.3, -0.25) is 9.78 Å². The third-order valence-electron chi connectivity index (χ3n) is 4.52. The topological polar surface area (TPSA) is 83.9 Å². The zero-order valence-corrected chi connectivity index (χ0v) is 15.8. The molecule has 1 N–H and O–H groups in total. The van der Waals surface area contributed by atoms with Crippen LogP contribution in [0.2, 0.25) is 0 Å². The Hall–Kier alpha value is -2.87. The fraction of sp³-hybridized carbons (Fsp3) is 0.316. The van der Waals surface area contributed by atoms with Crippen LogP contribution in [0.4, 0.5) is 11.6 Å². The van der Waals surface area contributed by atoms with Gasteiger partial charge < -0.3 is 10.2 Å². The number of carbonyl (C=O) groups is 1. The Kier molecular flexibility index (Phi) is 5.06. The molecule has 4 heterocycles. The van der Waals surface area contributed by atoms with E-state index in [1.165, 1.54) is 0 Å². The number of carbonyl (C=O) groups excluding carboxylic acids is 1. The van der Waals surface area contributed by atoms with E-state index in [1.54, 1.807) is 36.0 Å². The van der Waals surface area contributed by atoms with Gasteiger partial charge in [0.1, 0.15) is 0 Å². The van der Waals surface area contributed by atoms with Crippen molar-refractivity contribution in [2.75, 3.05) is 11.9 Å². The molecule has 1 amide bonds. The minimum absolute atomic E-state index is 0.0271. The first kappa shape index (κ1) is 17.5. The Morgan fingerprint density at radius 3 is 2.85 bits per heavy atom. The van der Waals surface area contributed by atoms with E-state index in [-0.39, 0.29) is 11.9 Å². The molecule has 4 rings (SSSR count). The number of aryl methyl sites for hydroxylation is 1. The van der Waals surface area contributed by atoms with Crippen molar-refractivity contribution in [2.45, 2.75) is 32.2 Å². The average Bonchev–Trinajstić information content (AvgIpc) is 3.32. The molecule has 8 heteroatoms. The van der Waals surface area contributed by atoms with Gasteiger partial charge >= 0.3 is 0 Å². The van der Waals surface area contributed by atoms with Crippen LogP contribution < -0.4 is 5.32 Å². The molecule has 138 valence electrons. The highest BCUT2D eigenvalue weighted by molar-refractivity contribution is 7.09. The summed E-state index contributed by atoms with van der Waals surface area (Å²) in [4.78, 5) is 32.0. The summed E-state index contributed by atoms with van der Waals surface area (Å²) < 4.78 is 0. The molecule has 1 aliphatic rings. The Bertz CT molecular complexity index is 911. The summed E-state index contributed by atoms with van der Waals surface area (Å²) in [6.07, 6.45) is 7.41. The van der Waals surface area contributed by atoms with E-state index in [1.807, 2.05) is 29.3 Å². The minimum Gasteiger partial charge on any atom is -0.334 e. The van der Waals surface area contributed by atoms with Gasteiger partial charge in [-0.15, -0.1) is 11.3 Å². The molecule has 27 heavy (non-hydrogen) atoms. The number of nitrogens with one attached hydrogen (secondary N) is 1. The highest BCUT2D eigenvalue weighted by Gasteiger charge is 2.31. The molecule has 1 fully saturated rings. The van der Waals surface area contributed by atoms with Gasteiger partial charge in [0, 0.05) is 24.3 Å². The van der Waals surface area contributed by atoms with Gasteiger partial charge in [0.15, 0.2) is 0 Å².